The zero-order valence-electron chi connectivity index (χ0n) is 15.0. The van der Waals surface area contributed by atoms with Gasteiger partial charge in [-0.3, -0.25) is 0 Å². The minimum atomic E-state index is -0.714. The van der Waals surface area contributed by atoms with Gasteiger partial charge >= 0.3 is 6.09 Å². The Morgan fingerprint density at radius 1 is 1.30 bits per heavy atom. The van der Waals surface area contributed by atoms with Crippen LogP contribution in [0.2, 0.25) is 10.4 Å². The van der Waals surface area contributed by atoms with E-state index < -0.39 is 17.5 Å². The highest BCUT2D eigenvalue weighted by Crippen LogP contribution is 2.47. The predicted molar refractivity (Wildman–Crippen MR) is 99.7 cm³/mol. The van der Waals surface area contributed by atoms with E-state index in [1.54, 1.807) is 0 Å². The van der Waals surface area contributed by atoms with E-state index in [1.165, 1.54) is 6.20 Å². The van der Waals surface area contributed by atoms with Gasteiger partial charge in [0.2, 0.25) is 5.28 Å². The van der Waals surface area contributed by atoms with Gasteiger partial charge in [0.25, 0.3) is 0 Å². The average molecular weight is 414 g/mol. The number of alkyl carbamates (subject to hydrolysis) is 1. The highest BCUT2D eigenvalue weighted by atomic mass is 35.5. The number of carbonyl (C=O) groups excluding carboxylic acids is 1. The van der Waals surface area contributed by atoms with Crippen LogP contribution in [0.1, 0.15) is 20.8 Å². The number of amides is 1. The molecule has 2 aliphatic rings. The first-order valence-corrected chi connectivity index (χ1v) is 9.31. The van der Waals surface area contributed by atoms with Gasteiger partial charge in [-0.1, -0.05) is 11.6 Å². The molecule has 7 nitrogen and oxygen atoms in total. The summed E-state index contributed by atoms with van der Waals surface area (Å²) in [4.78, 5) is 26.0. The normalized spacial score (nSPS) is 24.1. The van der Waals surface area contributed by atoms with Crippen LogP contribution in [0.15, 0.2) is 6.20 Å². The van der Waals surface area contributed by atoms with Crippen molar-refractivity contribution in [2.45, 2.75) is 32.4 Å². The molecule has 1 amide bonds. The highest BCUT2D eigenvalue weighted by Gasteiger charge is 2.57. The standard InChI is InChI=1S/C17H18Cl2FN5O2/c1-17(2,3)27-16(26)23-11-8-5-25(6-9(8)11)14-7-4-21-13(18)10(20)12(7)22-15(19)24-14/h4,8-9,11H,5-6H2,1-3H3,(H,23,26)/t8-,9+,11?. The van der Waals surface area contributed by atoms with Gasteiger partial charge in [-0.05, 0) is 32.4 Å². The number of carbonyl (C=O) groups is 1. The largest absolute Gasteiger partial charge is 0.444 e. The lowest BCUT2D eigenvalue weighted by atomic mass is 10.2. The van der Waals surface area contributed by atoms with Crippen LogP contribution >= 0.6 is 23.2 Å². The van der Waals surface area contributed by atoms with E-state index in [-0.39, 0.29) is 33.8 Å². The van der Waals surface area contributed by atoms with Crippen LogP contribution in [0.4, 0.5) is 15.0 Å². The number of anilines is 1. The Morgan fingerprint density at radius 3 is 2.59 bits per heavy atom. The van der Waals surface area contributed by atoms with Gasteiger partial charge in [0.15, 0.2) is 11.0 Å². The first kappa shape index (κ1) is 18.4. The number of pyridine rings is 1. The molecule has 0 aromatic carbocycles. The number of nitrogens with one attached hydrogen (secondary N) is 1. The Morgan fingerprint density at radius 2 is 1.96 bits per heavy atom. The summed E-state index contributed by atoms with van der Waals surface area (Å²) in [5.74, 6) is 0.377. The third-order valence-corrected chi connectivity index (χ3v) is 5.20. The van der Waals surface area contributed by atoms with Gasteiger partial charge in [-0.25, -0.2) is 19.2 Å². The number of hydrogen-bond acceptors (Lipinski definition) is 6. The molecular formula is C17H18Cl2FN5O2. The second-order valence-electron chi connectivity index (χ2n) is 7.85. The van der Waals surface area contributed by atoms with E-state index in [9.17, 15) is 9.18 Å². The molecule has 0 bridgehead atoms. The lowest BCUT2D eigenvalue weighted by Crippen LogP contribution is -2.38. The van der Waals surface area contributed by atoms with Crippen molar-refractivity contribution in [3.8, 4) is 0 Å². The van der Waals surface area contributed by atoms with E-state index in [1.807, 2.05) is 25.7 Å². The maximum atomic E-state index is 14.2. The fourth-order valence-electron chi connectivity index (χ4n) is 3.59. The number of piperidine rings is 1. The summed E-state index contributed by atoms with van der Waals surface area (Å²) in [5, 5.41) is 3.06. The van der Waals surface area contributed by atoms with Crippen molar-refractivity contribution < 1.29 is 13.9 Å². The molecular weight excluding hydrogens is 396 g/mol. The van der Waals surface area contributed by atoms with Crippen molar-refractivity contribution in [2.75, 3.05) is 18.0 Å². The number of halogens is 3. The molecule has 1 unspecified atom stereocenters. The molecule has 1 saturated carbocycles. The lowest BCUT2D eigenvalue weighted by Gasteiger charge is -2.24. The van der Waals surface area contributed by atoms with E-state index in [4.69, 9.17) is 27.9 Å². The van der Waals surface area contributed by atoms with Crippen LogP contribution in [0.3, 0.4) is 0 Å². The zero-order chi connectivity index (χ0) is 19.5. The number of nitrogens with zero attached hydrogens (tertiary/aromatic N) is 4. The van der Waals surface area contributed by atoms with Crippen molar-refractivity contribution in [3.63, 3.8) is 0 Å². The lowest BCUT2D eigenvalue weighted by molar-refractivity contribution is 0.0518. The zero-order valence-corrected chi connectivity index (χ0v) is 16.5. The molecule has 144 valence electrons. The van der Waals surface area contributed by atoms with Gasteiger partial charge in [-0.2, -0.15) is 4.98 Å². The topological polar surface area (TPSA) is 80.2 Å². The summed E-state index contributed by atoms with van der Waals surface area (Å²) < 4.78 is 19.5. The molecule has 2 aromatic heterocycles. The smallest absolute Gasteiger partial charge is 0.407 e. The molecule has 1 N–H and O–H groups in total. The predicted octanol–water partition coefficient (Wildman–Crippen LogP) is 3.43. The van der Waals surface area contributed by atoms with Crippen molar-refractivity contribution in [3.05, 3.63) is 22.5 Å². The van der Waals surface area contributed by atoms with E-state index >= 15 is 0 Å². The summed E-state index contributed by atoms with van der Waals surface area (Å²) in [6.45, 7) is 6.80. The molecule has 2 fully saturated rings. The van der Waals surface area contributed by atoms with E-state index in [0.29, 0.717) is 24.3 Å². The Kier molecular flexibility index (Phi) is 4.31. The van der Waals surface area contributed by atoms with Crippen LogP contribution in [0.25, 0.3) is 10.9 Å². The second kappa shape index (κ2) is 6.31. The van der Waals surface area contributed by atoms with Crippen LogP contribution < -0.4 is 10.2 Å². The summed E-state index contributed by atoms with van der Waals surface area (Å²) in [6.07, 6.45) is 1.04. The third-order valence-electron chi connectivity index (χ3n) is 4.77. The van der Waals surface area contributed by atoms with Crippen LogP contribution in [-0.4, -0.2) is 45.8 Å². The summed E-state index contributed by atoms with van der Waals surface area (Å²) >= 11 is 11.7. The Hall–Kier alpha value is -1.93. The number of ether oxygens (including phenoxy) is 1. The van der Waals surface area contributed by atoms with Gasteiger partial charge in [-0.15, -0.1) is 0 Å². The van der Waals surface area contributed by atoms with Gasteiger partial charge in [0, 0.05) is 37.2 Å². The number of aromatic nitrogens is 3. The third kappa shape index (κ3) is 3.48. The maximum absolute atomic E-state index is 14.2. The van der Waals surface area contributed by atoms with Crippen molar-refractivity contribution in [1.82, 2.24) is 20.3 Å². The van der Waals surface area contributed by atoms with Crippen LogP contribution in [-0.2, 0) is 4.74 Å². The van der Waals surface area contributed by atoms with Crippen molar-refractivity contribution in [2.24, 2.45) is 11.8 Å². The molecule has 4 rings (SSSR count). The summed E-state index contributed by atoms with van der Waals surface area (Å²) in [7, 11) is 0. The number of rotatable bonds is 2. The molecule has 10 heteroatoms. The molecule has 2 aromatic rings. The number of fused-ring (bicyclic) bond motifs is 2. The SMILES string of the molecule is CC(C)(C)OC(=O)NC1[C@H]2CN(c3nc(Cl)nc4c(F)c(Cl)ncc34)C[C@@H]12. The fraction of sp³-hybridized carbons (Fsp3) is 0.529. The molecule has 0 radical (unpaired) electrons. The average Bonchev–Trinajstić information content (AvgIpc) is 3.00. The molecule has 1 aliphatic heterocycles. The van der Waals surface area contributed by atoms with E-state index in [2.05, 4.69) is 20.3 Å². The van der Waals surface area contributed by atoms with Crippen molar-refractivity contribution in [1.29, 1.82) is 0 Å². The minimum Gasteiger partial charge on any atom is -0.444 e. The van der Waals surface area contributed by atoms with Crippen LogP contribution in [0.5, 0.6) is 0 Å². The molecule has 0 spiro atoms. The monoisotopic (exact) mass is 413 g/mol. The maximum Gasteiger partial charge on any atom is 0.407 e. The van der Waals surface area contributed by atoms with Crippen LogP contribution in [0, 0.1) is 17.7 Å². The quantitative estimate of drug-likeness (QED) is 0.599. The van der Waals surface area contributed by atoms with Gasteiger partial charge < -0.3 is 15.0 Å². The first-order valence-electron chi connectivity index (χ1n) is 8.56. The fourth-order valence-corrected chi connectivity index (χ4v) is 3.89. The van der Waals surface area contributed by atoms with Crippen molar-refractivity contribution >= 4 is 46.0 Å². The molecule has 27 heavy (non-hydrogen) atoms. The first-order chi connectivity index (χ1) is 12.6. The highest BCUT2D eigenvalue weighted by molar-refractivity contribution is 6.30. The molecule has 1 saturated heterocycles. The molecule has 3 atom stereocenters. The summed E-state index contributed by atoms with van der Waals surface area (Å²) in [5.41, 5.74) is -0.483. The van der Waals surface area contributed by atoms with E-state index in [0.717, 1.165) is 0 Å². The summed E-state index contributed by atoms with van der Waals surface area (Å²) in [6, 6.07) is 0.0731. The minimum absolute atomic E-state index is 0.0500. The Bertz CT molecular complexity index is 924. The number of hydrogen-bond donors (Lipinski definition) is 1. The van der Waals surface area contributed by atoms with Gasteiger partial charge in [0.1, 0.15) is 16.9 Å². The Balaban J connectivity index is 1.49. The second-order valence-corrected chi connectivity index (χ2v) is 8.54. The Labute approximate surface area is 165 Å². The molecule has 1 aliphatic carbocycles. The molecule has 3 heterocycles. The van der Waals surface area contributed by atoms with Gasteiger partial charge in [0.05, 0.1) is 5.39 Å².